The van der Waals surface area contributed by atoms with Crippen LogP contribution in [-0.4, -0.2) is 89.2 Å². The molecule has 0 saturated carbocycles. The molecule has 454 valence electrons. The van der Waals surface area contributed by atoms with E-state index in [1.165, 1.54) is 148 Å². The Morgan fingerprint density at radius 1 is 0.443 bits per heavy atom. The molecule has 1 aliphatic heterocycles. The summed E-state index contributed by atoms with van der Waals surface area (Å²) < 4.78 is 28.4. The average Bonchev–Trinajstić information content (AvgIpc) is 3.46. The highest BCUT2D eigenvalue weighted by atomic mass is 16.7. The molecule has 1 aliphatic rings. The standard InChI is InChI=1S/C67H114O12/c1-4-7-10-13-16-19-22-25-28-29-30-31-34-35-38-41-44-47-50-53-59(68)75-56-58(77-60(69)54-51-48-45-42-39-36-32-26-23-20-17-14-11-8-5-2)57-76-67-65(63(72)62(71)64(79-67)66(73)74)78-61(70)55-52-49-46-43-40-37-33-27-24-21-18-15-12-9-6-3/h8,11,17,20,25-26,28,32,39,42,48,51,58,62-65,67,71-72H,4-7,9-10,12-16,18-19,21-24,27,29-31,33-38,40-41,43-47,49-50,52-57H2,1-3H3,(H,73,74)/b11-8-,20-17-,28-25-,32-26-,42-39-,51-48-. The van der Waals surface area contributed by atoms with Crippen molar-refractivity contribution in [1.82, 2.24) is 0 Å². The van der Waals surface area contributed by atoms with E-state index in [1.807, 2.05) is 12.2 Å². The monoisotopic (exact) mass is 1110 g/mol. The van der Waals surface area contributed by atoms with Gasteiger partial charge in [-0.25, -0.2) is 4.79 Å². The van der Waals surface area contributed by atoms with Crippen molar-refractivity contribution in [3.8, 4) is 0 Å². The Bertz CT molecular complexity index is 1650. The van der Waals surface area contributed by atoms with Crippen molar-refractivity contribution in [2.45, 2.75) is 314 Å². The van der Waals surface area contributed by atoms with Crippen molar-refractivity contribution in [3.63, 3.8) is 0 Å². The molecule has 12 heteroatoms. The molecule has 0 radical (unpaired) electrons. The lowest BCUT2D eigenvalue weighted by Crippen LogP contribution is -2.61. The first kappa shape index (κ1) is 73.2. The molecule has 0 aliphatic carbocycles. The van der Waals surface area contributed by atoms with Crippen LogP contribution in [0.3, 0.4) is 0 Å². The van der Waals surface area contributed by atoms with Crippen LogP contribution in [0.5, 0.6) is 0 Å². The Morgan fingerprint density at radius 3 is 1.27 bits per heavy atom. The van der Waals surface area contributed by atoms with E-state index in [-0.39, 0.29) is 25.9 Å². The predicted octanol–water partition coefficient (Wildman–Crippen LogP) is 16.9. The average molecular weight is 1110 g/mol. The maximum atomic E-state index is 13.1. The molecule has 1 rings (SSSR count). The van der Waals surface area contributed by atoms with Gasteiger partial charge in [-0.1, -0.05) is 261 Å². The van der Waals surface area contributed by atoms with Crippen LogP contribution >= 0.6 is 0 Å². The van der Waals surface area contributed by atoms with E-state index < -0.39 is 67.3 Å². The number of allylic oxidation sites excluding steroid dienone is 11. The SMILES string of the molecule is CC/C=C\C/C=C\C/C=C\C/C=C\C/C=C\CC(=O)OC(COC(=O)CCCCCCCCCCC/C=C\CCCCCCCC)COC1OC(C(=O)O)C(O)C(O)C1OC(=O)CCCCCCCCCCCCCCCCC. The van der Waals surface area contributed by atoms with Crippen LogP contribution in [0.25, 0.3) is 0 Å². The van der Waals surface area contributed by atoms with Crippen molar-refractivity contribution in [2.75, 3.05) is 13.2 Å². The minimum atomic E-state index is -1.92. The molecule has 6 atom stereocenters. The fraction of sp³-hybridized carbons (Fsp3) is 0.761. The zero-order valence-corrected chi connectivity index (χ0v) is 50.1. The number of hydrogen-bond donors (Lipinski definition) is 3. The van der Waals surface area contributed by atoms with Crippen molar-refractivity contribution in [1.29, 1.82) is 0 Å². The molecule has 0 aromatic rings. The first-order chi connectivity index (χ1) is 38.6. The largest absolute Gasteiger partial charge is 0.479 e. The fourth-order valence-electron chi connectivity index (χ4n) is 9.44. The van der Waals surface area contributed by atoms with Gasteiger partial charge in [-0.2, -0.15) is 0 Å². The van der Waals surface area contributed by atoms with E-state index in [0.29, 0.717) is 19.3 Å². The van der Waals surface area contributed by atoms with Gasteiger partial charge < -0.3 is 39.0 Å². The molecule has 0 aromatic heterocycles. The molecular weight excluding hydrogens is 997 g/mol. The topological polar surface area (TPSA) is 175 Å². The van der Waals surface area contributed by atoms with E-state index >= 15 is 0 Å². The lowest BCUT2D eigenvalue weighted by Gasteiger charge is -2.40. The normalized spacial score (nSPS) is 18.3. The highest BCUT2D eigenvalue weighted by molar-refractivity contribution is 5.74. The number of unbranched alkanes of at least 4 members (excludes halogenated alkanes) is 29. The van der Waals surface area contributed by atoms with Crippen molar-refractivity contribution >= 4 is 23.9 Å². The van der Waals surface area contributed by atoms with Gasteiger partial charge in [0.25, 0.3) is 0 Å². The Labute approximate surface area is 480 Å². The Kier molecular flexibility index (Phi) is 50.7. The third-order valence-corrected chi connectivity index (χ3v) is 14.3. The summed E-state index contributed by atoms with van der Waals surface area (Å²) in [6, 6.07) is 0. The molecule has 79 heavy (non-hydrogen) atoms. The highest BCUT2D eigenvalue weighted by Crippen LogP contribution is 2.26. The molecule has 0 aromatic carbocycles. The van der Waals surface area contributed by atoms with E-state index in [2.05, 4.69) is 75.5 Å². The number of ether oxygens (including phenoxy) is 5. The summed E-state index contributed by atoms with van der Waals surface area (Å²) in [5.41, 5.74) is 0. The predicted molar refractivity (Wildman–Crippen MR) is 322 cm³/mol. The van der Waals surface area contributed by atoms with Gasteiger partial charge in [-0.15, -0.1) is 0 Å². The Hall–Kier alpha value is -3.84. The molecule has 3 N–H and O–H groups in total. The molecule has 1 fully saturated rings. The molecule has 12 nitrogen and oxygen atoms in total. The zero-order valence-electron chi connectivity index (χ0n) is 50.1. The van der Waals surface area contributed by atoms with Crippen LogP contribution in [0.4, 0.5) is 0 Å². The number of carbonyl (C=O) groups excluding carboxylic acids is 3. The van der Waals surface area contributed by atoms with Gasteiger partial charge >= 0.3 is 23.9 Å². The number of carboxylic acids is 1. The molecule has 1 heterocycles. The van der Waals surface area contributed by atoms with E-state index in [1.54, 1.807) is 6.08 Å². The van der Waals surface area contributed by atoms with Gasteiger partial charge in [-0.3, -0.25) is 14.4 Å². The summed E-state index contributed by atoms with van der Waals surface area (Å²) in [7, 11) is 0. The van der Waals surface area contributed by atoms with Crippen LogP contribution in [0, 0.1) is 0 Å². The van der Waals surface area contributed by atoms with Gasteiger partial charge in [0.15, 0.2) is 24.6 Å². The first-order valence-electron chi connectivity index (χ1n) is 31.9. The second kappa shape index (κ2) is 54.7. The maximum Gasteiger partial charge on any atom is 0.335 e. The van der Waals surface area contributed by atoms with Crippen LogP contribution < -0.4 is 0 Å². The number of aliphatic hydroxyl groups is 2. The quantitative estimate of drug-likeness (QED) is 0.0228. The number of carboxylic acid groups (broad SMARTS) is 1. The second-order valence-corrected chi connectivity index (χ2v) is 21.7. The summed E-state index contributed by atoms with van der Waals surface area (Å²) >= 11 is 0. The summed E-state index contributed by atoms with van der Waals surface area (Å²) in [6.45, 7) is 5.82. The Balaban J connectivity index is 2.70. The summed E-state index contributed by atoms with van der Waals surface area (Å²) in [4.78, 5) is 51.2. The van der Waals surface area contributed by atoms with Crippen LogP contribution in [0.15, 0.2) is 72.9 Å². The van der Waals surface area contributed by atoms with Crippen LogP contribution in [-0.2, 0) is 42.9 Å². The van der Waals surface area contributed by atoms with E-state index in [4.69, 9.17) is 23.7 Å². The van der Waals surface area contributed by atoms with Crippen LogP contribution in [0.2, 0.25) is 0 Å². The maximum absolute atomic E-state index is 13.1. The van der Waals surface area contributed by atoms with Crippen molar-refractivity contribution in [2.24, 2.45) is 0 Å². The Morgan fingerprint density at radius 2 is 0.835 bits per heavy atom. The minimum absolute atomic E-state index is 0.0519. The first-order valence-corrected chi connectivity index (χ1v) is 31.9. The van der Waals surface area contributed by atoms with Gasteiger partial charge in [0.1, 0.15) is 18.8 Å². The number of hydrogen-bond acceptors (Lipinski definition) is 11. The minimum Gasteiger partial charge on any atom is -0.479 e. The number of esters is 3. The number of carbonyl (C=O) groups is 4. The molecule has 0 spiro atoms. The number of aliphatic carboxylic acids is 1. The van der Waals surface area contributed by atoms with Gasteiger partial charge in [0.2, 0.25) is 0 Å². The summed E-state index contributed by atoms with van der Waals surface area (Å²) in [5.74, 6) is -3.27. The van der Waals surface area contributed by atoms with Gasteiger partial charge in [0, 0.05) is 12.8 Å². The number of aliphatic hydroxyl groups excluding tert-OH is 2. The molecule has 0 amide bonds. The summed E-state index contributed by atoms with van der Waals surface area (Å²) in [5, 5.41) is 31.5. The van der Waals surface area contributed by atoms with E-state index in [9.17, 15) is 34.5 Å². The molecule has 0 bridgehead atoms. The van der Waals surface area contributed by atoms with Crippen LogP contribution in [0.1, 0.15) is 278 Å². The van der Waals surface area contributed by atoms with Gasteiger partial charge in [0.05, 0.1) is 13.0 Å². The lowest BCUT2D eigenvalue weighted by molar-refractivity contribution is -0.301. The third-order valence-electron chi connectivity index (χ3n) is 14.3. The molecular formula is C67H114O12. The molecule has 1 saturated heterocycles. The second-order valence-electron chi connectivity index (χ2n) is 21.7. The number of rotatable bonds is 54. The van der Waals surface area contributed by atoms with E-state index in [0.717, 1.165) is 70.6 Å². The van der Waals surface area contributed by atoms with Crippen molar-refractivity contribution < 1.29 is 58.2 Å². The highest BCUT2D eigenvalue weighted by Gasteiger charge is 2.50. The zero-order chi connectivity index (χ0) is 57.5. The fourth-order valence-corrected chi connectivity index (χ4v) is 9.44. The smallest absolute Gasteiger partial charge is 0.335 e. The van der Waals surface area contributed by atoms with Gasteiger partial charge in [-0.05, 0) is 70.6 Å². The van der Waals surface area contributed by atoms with Crippen molar-refractivity contribution in [3.05, 3.63) is 72.9 Å². The molecule has 6 unspecified atom stereocenters. The lowest BCUT2D eigenvalue weighted by atomic mass is 9.98. The summed E-state index contributed by atoms with van der Waals surface area (Å²) in [6.07, 6.45) is 57.5. The third kappa shape index (κ3) is 44.5.